The molecular formula is C19H21N5O3. The Kier molecular flexibility index (Phi) is 4.78. The molecule has 0 aliphatic carbocycles. The molecule has 1 aromatic carbocycles. The van der Waals surface area contributed by atoms with Crippen LogP contribution in [0, 0.1) is 0 Å². The van der Waals surface area contributed by atoms with Crippen molar-refractivity contribution in [3.8, 4) is 22.9 Å². The summed E-state index contributed by atoms with van der Waals surface area (Å²) in [6.45, 7) is 3.26. The van der Waals surface area contributed by atoms with Crippen molar-refractivity contribution in [1.29, 1.82) is 0 Å². The Balaban J connectivity index is 1.50. The van der Waals surface area contributed by atoms with Crippen LogP contribution in [0.15, 0.2) is 47.1 Å². The average Bonchev–Trinajstić information content (AvgIpc) is 3.24. The molecule has 27 heavy (non-hydrogen) atoms. The van der Waals surface area contributed by atoms with Crippen molar-refractivity contribution in [2.45, 2.75) is 0 Å². The van der Waals surface area contributed by atoms with Crippen molar-refractivity contribution in [1.82, 2.24) is 15.1 Å². The molecular weight excluding hydrogens is 346 g/mol. The van der Waals surface area contributed by atoms with Gasteiger partial charge in [0, 0.05) is 32.4 Å². The lowest BCUT2D eigenvalue weighted by Crippen LogP contribution is -2.47. The molecule has 0 N–H and O–H groups in total. The first-order valence-electron chi connectivity index (χ1n) is 8.76. The second-order valence-electron chi connectivity index (χ2n) is 6.10. The molecule has 0 radical (unpaired) electrons. The standard InChI is InChI=1S/C19H21N5O3/c1-25-15-7-5-6-14(17(15)26-2)18-21-19(27-22-18)24-12-10-23(11-13-24)16-8-3-4-9-20-16/h3-9H,10-13H2,1-2H3. The van der Waals surface area contributed by atoms with Gasteiger partial charge in [0.15, 0.2) is 11.5 Å². The van der Waals surface area contributed by atoms with Gasteiger partial charge in [-0.3, -0.25) is 0 Å². The lowest BCUT2D eigenvalue weighted by atomic mass is 10.2. The number of methoxy groups -OCH3 is 2. The van der Waals surface area contributed by atoms with Crippen molar-refractivity contribution in [2.24, 2.45) is 0 Å². The number of para-hydroxylation sites is 1. The van der Waals surface area contributed by atoms with Gasteiger partial charge in [-0.2, -0.15) is 4.98 Å². The number of nitrogens with zero attached hydrogens (tertiary/aromatic N) is 5. The first-order chi connectivity index (χ1) is 13.3. The zero-order valence-corrected chi connectivity index (χ0v) is 15.3. The van der Waals surface area contributed by atoms with Crippen LogP contribution in [0.3, 0.4) is 0 Å². The molecule has 0 unspecified atom stereocenters. The number of hydrogen-bond acceptors (Lipinski definition) is 8. The number of anilines is 2. The fraction of sp³-hybridized carbons (Fsp3) is 0.316. The number of ether oxygens (including phenoxy) is 2. The number of rotatable bonds is 5. The third-order valence-corrected chi connectivity index (χ3v) is 4.58. The van der Waals surface area contributed by atoms with Crippen LogP contribution in [-0.2, 0) is 0 Å². The molecule has 140 valence electrons. The summed E-state index contributed by atoms with van der Waals surface area (Å²) >= 11 is 0. The number of aromatic nitrogens is 3. The normalized spacial score (nSPS) is 14.3. The number of hydrogen-bond donors (Lipinski definition) is 0. The van der Waals surface area contributed by atoms with E-state index < -0.39 is 0 Å². The molecule has 8 nitrogen and oxygen atoms in total. The van der Waals surface area contributed by atoms with Crippen LogP contribution in [0.2, 0.25) is 0 Å². The molecule has 3 aromatic rings. The Morgan fingerprint density at radius 1 is 0.926 bits per heavy atom. The van der Waals surface area contributed by atoms with Gasteiger partial charge < -0.3 is 23.8 Å². The van der Waals surface area contributed by atoms with Gasteiger partial charge in [-0.1, -0.05) is 17.3 Å². The smallest absolute Gasteiger partial charge is 0.324 e. The number of piperazine rings is 1. The number of pyridine rings is 1. The highest BCUT2D eigenvalue weighted by Gasteiger charge is 2.24. The summed E-state index contributed by atoms with van der Waals surface area (Å²) in [5, 5.41) is 4.13. The summed E-state index contributed by atoms with van der Waals surface area (Å²) in [5.41, 5.74) is 0.735. The third-order valence-electron chi connectivity index (χ3n) is 4.58. The highest BCUT2D eigenvalue weighted by molar-refractivity contribution is 5.69. The minimum Gasteiger partial charge on any atom is -0.493 e. The van der Waals surface area contributed by atoms with E-state index in [0.717, 1.165) is 37.6 Å². The van der Waals surface area contributed by atoms with Gasteiger partial charge in [0.2, 0.25) is 5.82 Å². The molecule has 8 heteroatoms. The van der Waals surface area contributed by atoms with Gasteiger partial charge in [0.1, 0.15) is 5.82 Å². The van der Waals surface area contributed by atoms with Gasteiger partial charge in [0.25, 0.3) is 0 Å². The summed E-state index contributed by atoms with van der Waals surface area (Å²) in [7, 11) is 3.20. The summed E-state index contributed by atoms with van der Waals surface area (Å²) in [6.07, 6.45) is 1.81. The molecule has 0 saturated carbocycles. The van der Waals surface area contributed by atoms with E-state index in [2.05, 4.69) is 24.9 Å². The zero-order valence-electron chi connectivity index (χ0n) is 15.3. The Bertz CT molecular complexity index is 891. The van der Waals surface area contributed by atoms with Crippen LogP contribution in [0.25, 0.3) is 11.4 Å². The first-order valence-corrected chi connectivity index (χ1v) is 8.76. The molecule has 1 aliphatic rings. The number of benzene rings is 1. The van der Waals surface area contributed by atoms with E-state index in [1.165, 1.54) is 0 Å². The summed E-state index contributed by atoms with van der Waals surface area (Å²) in [5.74, 6) is 2.69. The van der Waals surface area contributed by atoms with Gasteiger partial charge in [-0.05, 0) is 24.3 Å². The van der Waals surface area contributed by atoms with Crippen LogP contribution in [-0.4, -0.2) is 55.5 Å². The van der Waals surface area contributed by atoms with E-state index in [9.17, 15) is 0 Å². The van der Waals surface area contributed by atoms with E-state index in [1.54, 1.807) is 14.2 Å². The molecule has 2 aromatic heterocycles. The zero-order chi connectivity index (χ0) is 18.6. The predicted octanol–water partition coefficient (Wildman–Crippen LogP) is 2.48. The van der Waals surface area contributed by atoms with Crippen molar-refractivity contribution < 1.29 is 14.0 Å². The fourth-order valence-electron chi connectivity index (χ4n) is 3.18. The Morgan fingerprint density at radius 2 is 1.74 bits per heavy atom. The fourth-order valence-corrected chi connectivity index (χ4v) is 3.18. The lowest BCUT2D eigenvalue weighted by molar-refractivity contribution is 0.355. The molecule has 1 fully saturated rings. The quantitative estimate of drug-likeness (QED) is 0.681. The van der Waals surface area contributed by atoms with Crippen molar-refractivity contribution in [3.63, 3.8) is 0 Å². The minimum atomic E-state index is 0.480. The van der Waals surface area contributed by atoms with Gasteiger partial charge >= 0.3 is 6.01 Å². The summed E-state index contributed by atoms with van der Waals surface area (Å²) < 4.78 is 16.3. The first kappa shape index (κ1) is 17.1. The molecule has 0 atom stereocenters. The molecule has 0 amide bonds. The van der Waals surface area contributed by atoms with E-state index in [0.29, 0.717) is 23.3 Å². The van der Waals surface area contributed by atoms with Crippen LogP contribution >= 0.6 is 0 Å². The largest absolute Gasteiger partial charge is 0.493 e. The molecule has 1 aliphatic heterocycles. The molecule has 4 rings (SSSR count). The van der Waals surface area contributed by atoms with E-state index in [-0.39, 0.29) is 0 Å². The van der Waals surface area contributed by atoms with Crippen molar-refractivity contribution in [3.05, 3.63) is 42.6 Å². The highest BCUT2D eigenvalue weighted by atomic mass is 16.5. The van der Waals surface area contributed by atoms with E-state index in [1.807, 2.05) is 42.6 Å². The lowest BCUT2D eigenvalue weighted by Gasteiger charge is -2.34. The van der Waals surface area contributed by atoms with Crippen LogP contribution in [0.1, 0.15) is 0 Å². The Morgan fingerprint density at radius 3 is 2.44 bits per heavy atom. The topological polar surface area (TPSA) is 76.8 Å². The van der Waals surface area contributed by atoms with Crippen LogP contribution in [0.5, 0.6) is 11.5 Å². The highest BCUT2D eigenvalue weighted by Crippen LogP contribution is 2.37. The summed E-state index contributed by atoms with van der Waals surface area (Å²) in [4.78, 5) is 13.3. The maximum absolute atomic E-state index is 5.51. The molecule has 0 bridgehead atoms. The Labute approximate surface area is 157 Å². The second kappa shape index (κ2) is 7.53. The maximum Gasteiger partial charge on any atom is 0.324 e. The molecule has 0 spiro atoms. The second-order valence-corrected chi connectivity index (χ2v) is 6.10. The minimum absolute atomic E-state index is 0.480. The van der Waals surface area contributed by atoms with Gasteiger partial charge in [-0.25, -0.2) is 4.98 Å². The Hall–Kier alpha value is -3.29. The third kappa shape index (κ3) is 3.38. The van der Waals surface area contributed by atoms with Crippen LogP contribution in [0.4, 0.5) is 11.8 Å². The molecule has 1 saturated heterocycles. The maximum atomic E-state index is 5.51. The van der Waals surface area contributed by atoms with Crippen molar-refractivity contribution in [2.75, 3.05) is 50.2 Å². The average molecular weight is 367 g/mol. The predicted molar refractivity (Wildman–Crippen MR) is 102 cm³/mol. The van der Waals surface area contributed by atoms with Gasteiger partial charge in [-0.15, -0.1) is 0 Å². The SMILES string of the molecule is COc1cccc(-c2noc(N3CCN(c4ccccn4)CC3)n2)c1OC. The van der Waals surface area contributed by atoms with E-state index in [4.69, 9.17) is 14.0 Å². The van der Waals surface area contributed by atoms with Crippen LogP contribution < -0.4 is 19.3 Å². The molecule has 3 heterocycles. The monoisotopic (exact) mass is 367 g/mol. The van der Waals surface area contributed by atoms with E-state index >= 15 is 0 Å². The summed E-state index contributed by atoms with van der Waals surface area (Å²) in [6, 6.07) is 12.0. The van der Waals surface area contributed by atoms with Gasteiger partial charge in [0.05, 0.1) is 19.8 Å². The van der Waals surface area contributed by atoms with Crippen molar-refractivity contribution >= 4 is 11.8 Å².